The van der Waals surface area contributed by atoms with E-state index < -0.39 is 5.97 Å². The number of nitrogens with zero attached hydrogens (tertiary/aromatic N) is 3. The fourth-order valence-corrected chi connectivity index (χ4v) is 5.08. The number of urea groups is 1. The number of nitrogens with one attached hydrogen (secondary N) is 2. The Balaban J connectivity index is 1.30. The van der Waals surface area contributed by atoms with Crippen molar-refractivity contribution in [3.63, 3.8) is 0 Å². The maximum atomic E-state index is 13.6. The molecule has 41 heavy (non-hydrogen) atoms. The molecule has 2 N–H and O–H groups in total. The SMILES string of the molecule is COC(=O)c1ccc(-c2ccc(N(C(=O)NCc3ccccc3)C3CCC(Nc4ccc(C#N)cn4)CC3)cc2)o1. The number of pyridine rings is 1. The highest BCUT2D eigenvalue weighted by Gasteiger charge is 2.30. The van der Waals surface area contributed by atoms with Gasteiger partial charge in [0, 0.05) is 36.1 Å². The van der Waals surface area contributed by atoms with Crippen LogP contribution in [0.25, 0.3) is 11.3 Å². The van der Waals surface area contributed by atoms with Gasteiger partial charge in [0.2, 0.25) is 5.76 Å². The third-order valence-corrected chi connectivity index (χ3v) is 7.23. The van der Waals surface area contributed by atoms with Crippen LogP contribution in [0, 0.1) is 11.3 Å². The van der Waals surface area contributed by atoms with E-state index in [-0.39, 0.29) is 23.9 Å². The van der Waals surface area contributed by atoms with Gasteiger partial charge in [0.1, 0.15) is 17.6 Å². The van der Waals surface area contributed by atoms with Crippen molar-refractivity contribution in [2.24, 2.45) is 0 Å². The number of benzene rings is 2. The van der Waals surface area contributed by atoms with Crippen molar-refractivity contribution >= 4 is 23.5 Å². The Morgan fingerprint density at radius 3 is 2.41 bits per heavy atom. The highest BCUT2D eigenvalue weighted by molar-refractivity contribution is 5.93. The molecule has 2 aromatic carbocycles. The van der Waals surface area contributed by atoms with E-state index in [4.69, 9.17) is 14.4 Å². The first-order valence-corrected chi connectivity index (χ1v) is 13.6. The third kappa shape index (κ3) is 6.73. The van der Waals surface area contributed by atoms with Gasteiger partial charge in [-0.05, 0) is 79.8 Å². The highest BCUT2D eigenvalue weighted by atomic mass is 16.5. The lowest BCUT2D eigenvalue weighted by Gasteiger charge is -2.37. The monoisotopic (exact) mass is 549 g/mol. The van der Waals surface area contributed by atoms with Gasteiger partial charge >= 0.3 is 12.0 Å². The number of methoxy groups -OCH3 is 1. The average Bonchev–Trinajstić information content (AvgIpc) is 3.52. The van der Waals surface area contributed by atoms with Gasteiger partial charge in [0.25, 0.3) is 0 Å². The average molecular weight is 550 g/mol. The van der Waals surface area contributed by atoms with E-state index in [0.29, 0.717) is 17.9 Å². The second kappa shape index (κ2) is 12.8. The minimum atomic E-state index is -0.533. The van der Waals surface area contributed by atoms with Crippen LogP contribution in [0.2, 0.25) is 0 Å². The topological polar surface area (TPSA) is 120 Å². The molecule has 1 fully saturated rings. The predicted molar refractivity (Wildman–Crippen MR) is 155 cm³/mol. The Bertz CT molecular complexity index is 1500. The summed E-state index contributed by atoms with van der Waals surface area (Å²) in [5, 5.41) is 15.6. The fourth-order valence-electron chi connectivity index (χ4n) is 5.08. The number of esters is 1. The molecule has 2 aromatic heterocycles. The van der Waals surface area contributed by atoms with E-state index in [0.717, 1.165) is 48.3 Å². The van der Waals surface area contributed by atoms with E-state index in [1.54, 1.807) is 24.4 Å². The van der Waals surface area contributed by atoms with Crippen molar-refractivity contribution < 1.29 is 18.7 Å². The molecule has 0 atom stereocenters. The number of hydrogen-bond acceptors (Lipinski definition) is 7. The number of anilines is 2. The number of carbonyl (C=O) groups excluding carboxylic acids is 2. The molecule has 9 nitrogen and oxygen atoms in total. The van der Waals surface area contributed by atoms with Gasteiger partial charge in [-0.15, -0.1) is 0 Å². The molecule has 5 rings (SSSR count). The zero-order valence-corrected chi connectivity index (χ0v) is 22.7. The summed E-state index contributed by atoms with van der Waals surface area (Å²) in [6.45, 7) is 0.429. The summed E-state index contributed by atoms with van der Waals surface area (Å²) >= 11 is 0. The maximum Gasteiger partial charge on any atom is 0.373 e. The molecule has 0 radical (unpaired) electrons. The van der Waals surface area contributed by atoms with Crippen molar-refractivity contribution in [1.82, 2.24) is 10.3 Å². The van der Waals surface area contributed by atoms with Crippen LogP contribution in [-0.2, 0) is 11.3 Å². The lowest BCUT2D eigenvalue weighted by Crippen LogP contribution is -2.48. The largest absolute Gasteiger partial charge is 0.463 e. The molecule has 2 amide bonds. The number of furan rings is 1. The highest BCUT2D eigenvalue weighted by Crippen LogP contribution is 2.31. The number of ether oxygens (including phenoxy) is 1. The molecule has 208 valence electrons. The van der Waals surface area contributed by atoms with Crippen molar-refractivity contribution in [2.45, 2.75) is 44.3 Å². The first-order valence-electron chi connectivity index (χ1n) is 13.6. The van der Waals surface area contributed by atoms with Gasteiger partial charge in [-0.1, -0.05) is 30.3 Å². The Labute approximate surface area is 238 Å². The second-order valence-corrected chi connectivity index (χ2v) is 9.91. The van der Waals surface area contributed by atoms with Crippen LogP contribution in [0.15, 0.2) is 89.5 Å². The van der Waals surface area contributed by atoms with E-state index in [9.17, 15) is 9.59 Å². The maximum absolute atomic E-state index is 13.6. The Morgan fingerprint density at radius 2 is 1.76 bits per heavy atom. The Hall–Kier alpha value is -5.10. The molecular weight excluding hydrogens is 518 g/mol. The summed E-state index contributed by atoms with van der Waals surface area (Å²) in [7, 11) is 1.31. The molecule has 0 saturated heterocycles. The molecule has 0 aliphatic heterocycles. The molecule has 0 bridgehead atoms. The van der Waals surface area contributed by atoms with Gasteiger partial charge in [-0.2, -0.15) is 5.26 Å². The number of aromatic nitrogens is 1. The predicted octanol–water partition coefficient (Wildman–Crippen LogP) is 6.14. The summed E-state index contributed by atoms with van der Waals surface area (Å²) in [6, 6.07) is 26.5. The molecule has 1 aliphatic carbocycles. The fraction of sp³-hybridized carbons (Fsp3) is 0.250. The summed E-state index contributed by atoms with van der Waals surface area (Å²) in [4.78, 5) is 31.6. The number of rotatable bonds is 8. The summed E-state index contributed by atoms with van der Waals surface area (Å²) < 4.78 is 10.4. The molecule has 1 aliphatic rings. The number of amides is 2. The van der Waals surface area contributed by atoms with Gasteiger partial charge in [0.15, 0.2) is 0 Å². The first-order chi connectivity index (χ1) is 20.0. The third-order valence-electron chi connectivity index (χ3n) is 7.23. The van der Waals surface area contributed by atoms with Gasteiger partial charge in [0.05, 0.1) is 12.7 Å². The van der Waals surface area contributed by atoms with Crippen LogP contribution in [0.3, 0.4) is 0 Å². The van der Waals surface area contributed by atoms with Crippen molar-refractivity contribution in [1.29, 1.82) is 5.26 Å². The van der Waals surface area contributed by atoms with Crippen LogP contribution in [0.4, 0.5) is 16.3 Å². The zero-order valence-electron chi connectivity index (χ0n) is 22.7. The standard InChI is InChI=1S/C32H31N5O4/c1-40-31(38)29-17-16-28(41-29)24-8-12-26(13-9-24)37(32(39)35-20-22-5-3-2-4-6-22)27-14-10-25(11-15-27)36-30-18-7-23(19-33)21-34-30/h2-9,12-13,16-18,21,25,27H,10-11,14-15,20H2,1H3,(H,34,36)(H,35,39). The molecular formula is C32H31N5O4. The summed E-state index contributed by atoms with van der Waals surface area (Å²) in [6.07, 6.45) is 4.94. The molecule has 0 unspecified atom stereocenters. The van der Waals surface area contributed by atoms with E-state index in [2.05, 4.69) is 21.7 Å². The van der Waals surface area contributed by atoms with E-state index in [1.807, 2.05) is 65.6 Å². The van der Waals surface area contributed by atoms with Crippen LogP contribution in [0.5, 0.6) is 0 Å². The van der Waals surface area contributed by atoms with E-state index in [1.165, 1.54) is 7.11 Å². The van der Waals surface area contributed by atoms with Gasteiger partial charge in [-0.3, -0.25) is 4.90 Å². The van der Waals surface area contributed by atoms with Crippen molar-refractivity contribution in [2.75, 3.05) is 17.3 Å². The normalized spacial score (nSPS) is 16.3. The van der Waals surface area contributed by atoms with Crippen molar-refractivity contribution in [3.05, 3.63) is 102 Å². The second-order valence-electron chi connectivity index (χ2n) is 9.91. The smallest absolute Gasteiger partial charge is 0.373 e. The molecule has 1 saturated carbocycles. The van der Waals surface area contributed by atoms with Crippen LogP contribution in [0.1, 0.15) is 47.4 Å². The van der Waals surface area contributed by atoms with E-state index >= 15 is 0 Å². The Morgan fingerprint density at radius 1 is 1.00 bits per heavy atom. The molecule has 4 aromatic rings. The van der Waals surface area contributed by atoms with Crippen LogP contribution >= 0.6 is 0 Å². The molecule has 2 heterocycles. The minimum absolute atomic E-state index is 0.0122. The number of nitriles is 1. The Kier molecular flexibility index (Phi) is 8.60. The lowest BCUT2D eigenvalue weighted by molar-refractivity contribution is 0.0566. The summed E-state index contributed by atoms with van der Waals surface area (Å²) in [5.41, 5.74) is 3.12. The summed E-state index contributed by atoms with van der Waals surface area (Å²) in [5.74, 6) is 0.887. The first kappa shape index (κ1) is 27.5. The van der Waals surface area contributed by atoms with Crippen LogP contribution in [-0.4, -0.2) is 36.2 Å². The van der Waals surface area contributed by atoms with Gasteiger partial charge in [-0.25, -0.2) is 14.6 Å². The lowest BCUT2D eigenvalue weighted by atomic mass is 9.89. The quantitative estimate of drug-likeness (QED) is 0.253. The van der Waals surface area contributed by atoms with Gasteiger partial charge < -0.3 is 19.8 Å². The molecule has 0 spiro atoms. The molecule has 9 heteroatoms. The zero-order chi connectivity index (χ0) is 28.6. The van der Waals surface area contributed by atoms with Crippen molar-refractivity contribution in [3.8, 4) is 17.4 Å². The number of hydrogen-bond donors (Lipinski definition) is 2. The minimum Gasteiger partial charge on any atom is -0.463 e. The van der Waals surface area contributed by atoms with Crippen LogP contribution < -0.4 is 15.5 Å². The number of carbonyl (C=O) groups is 2.